The Morgan fingerprint density at radius 3 is 1.92 bits per heavy atom. The van der Waals surface area contributed by atoms with Crippen molar-refractivity contribution in [3.63, 3.8) is 0 Å². The van der Waals surface area contributed by atoms with Crippen LogP contribution in [-0.4, -0.2) is 0 Å². The zero-order valence-corrected chi connectivity index (χ0v) is 13.8. The van der Waals surface area contributed by atoms with Crippen molar-refractivity contribution in [3.8, 4) is 0 Å². The molecule has 0 radical (unpaired) electrons. The lowest BCUT2D eigenvalue weighted by atomic mass is 10.1. The van der Waals surface area contributed by atoms with Crippen molar-refractivity contribution < 1.29 is 4.42 Å². The number of fused-ring (bicyclic) bond motifs is 1. The highest BCUT2D eigenvalue weighted by molar-refractivity contribution is 5.87. The molecule has 25 heavy (non-hydrogen) atoms. The summed E-state index contributed by atoms with van der Waals surface area (Å²) in [4.78, 5) is 13.9. The van der Waals surface area contributed by atoms with Gasteiger partial charge in [0.15, 0.2) is 0 Å². The van der Waals surface area contributed by atoms with Crippen molar-refractivity contribution in [1.29, 1.82) is 0 Å². The van der Waals surface area contributed by atoms with Crippen LogP contribution in [0.15, 0.2) is 94.1 Å². The van der Waals surface area contributed by atoms with Gasteiger partial charge in [0.25, 0.3) is 0 Å². The fourth-order valence-corrected chi connectivity index (χ4v) is 3.05. The Morgan fingerprint density at radius 2 is 1.32 bits per heavy atom. The van der Waals surface area contributed by atoms with Crippen LogP contribution in [0.1, 0.15) is 5.56 Å². The smallest absolute Gasteiger partial charge is 0.336 e. The molecule has 0 aliphatic carbocycles. The van der Waals surface area contributed by atoms with Gasteiger partial charge < -0.3 is 9.32 Å². The molecule has 0 bridgehead atoms. The highest BCUT2D eigenvalue weighted by Crippen LogP contribution is 2.35. The quantitative estimate of drug-likeness (QED) is 0.461. The summed E-state index contributed by atoms with van der Waals surface area (Å²) in [5.74, 6) is 0. The minimum absolute atomic E-state index is 0.326. The van der Waals surface area contributed by atoms with Gasteiger partial charge in [0, 0.05) is 34.6 Å². The molecule has 0 amide bonds. The molecular weight excluding hydrogens is 310 g/mol. The van der Waals surface area contributed by atoms with E-state index in [1.165, 1.54) is 6.07 Å². The fraction of sp³-hybridized carbons (Fsp3) is 0.0455. The standard InChI is InChI=1S/C22H17NO2/c1-16-14-22(24)25-21-15-19(12-13-20(16)21)23(17-8-4-2-5-9-17)18-10-6-3-7-11-18/h2-15H,1H3. The Morgan fingerprint density at radius 1 is 0.720 bits per heavy atom. The summed E-state index contributed by atoms with van der Waals surface area (Å²) in [6, 6.07) is 27.8. The first-order valence-corrected chi connectivity index (χ1v) is 8.17. The Labute approximate surface area is 145 Å². The zero-order chi connectivity index (χ0) is 17.2. The summed E-state index contributed by atoms with van der Waals surface area (Å²) in [6.45, 7) is 1.92. The number of hydrogen-bond acceptors (Lipinski definition) is 3. The van der Waals surface area contributed by atoms with Crippen molar-refractivity contribution in [3.05, 3.63) is 101 Å². The van der Waals surface area contributed by atoms with Gasteiger partial charge in [-0.3, -0.25) is 0 Å². The number of para-hydroxylation sites is 2. The minimum Gasteiger partial charge on any atom is -0.423 e. The molecule has 4 aromatic rings. The normalized spacial score (nSPS) is 10.8. The minimum atomic E-state index is -0.326. The van der Waals surface area contributed by atoms with Gasteiger partial charge in [0.05, 0.1) is 0 Å². The predicted octanol–water partition coefficient (Wildman–Crippen LogP) is 5.57. The van der Waals surface area contributed by atoms with Crippen molar-refractivity contribution in [2.24, 2.45) is 0 Å². The number of anilines is 3. The van der Waals surface area contributed by atoms with E-state index < -0.39 is 0 Å². The summed E-state index contributed by atoms with van der Waals surface area (Å²) in [6.07, 6.45) is 0. The van der Waals surface area contributed by atoms with Crippen LogP contribution in [0.3, 0.4) is 0 Å². The molecular formula is C22H17NO2. The van der Waals surface area contributed by atoms with Gasteiger partial charge in [0.1, 0.15) is 5.58 Å². The van der Waals surface area contributed by atoms with Gasteiger partial charge in [-0.15, -0.1) is 0 Å². The second-order valence-electron chi connectivity index (χ2n) is 5.94. The fourth-order valence-electron chi connectivity index (χ4n) is 3.05. The molecule has 0 N–H and O–H groups in total. The van der Waals surface area contributed by atoms with E-state index >= 15 is 0 Å². The van der Waals surface area contributed by atoms with Gasteiger partial charge in [-0.05, 0) is 48.9 Å². The molecule has 3 aromatic carbocycles. The van der Waals surface area contributed by atoms with Crippen LogP contribution in [0.2, 0.25) is 0 Å². The topological polar surface area (TPSA) is 33.5 Å². The summed E-state index contributed by atoms with van der Waals surface area (Å²) in [5.41, 5.74) is 4.22. The Hall–Kier alpha value is -3.33. The van der Waals surface area contributed by atoms with E-state index in [-0.39, 0.29) is 5.63 Å². The molecule has 0 atom stereocenters. The molecule has 0 spiro atoms. The lowest BCUT2D eigenvalue weighted by molar-refractivity contribution is 0.560. The average molecular weight is 327 g/mol. The van der Waals surface area contributed by atoms with Crippen LogP contribution in [0.4, 0.5) is 17.1 Å². The molecule has 1 heterocycles. The first-order chi connectivity index (χ1) is 12.2. The summed E-state index contributed by atoms with van der Waals surface area (Å²) >= 11 is 0. The van der Waals surface area contributed by atoms with E-state index in [0.717, 1.165) is 28.0 Å². The van der Waals surface area contributed by atoms with E-state index in [1.54, 1.807) is 0 Å². The lowest BCUT2D eigenvalue weighted by Crippen LogP contribution is -2.09. The Kier molecular flexibility index (Phi) is 3.82. The van der Waals surface area contributed by atoms with Crippen LogP contribution < -0.4 is 10.5 Å². The Bertz CT molecular complexity index is 1030. The molecule has 1 aromatic heterocycles. The lowest BCUT2D eigenvalue weighted by Gasteiger charge is -2.25. The zero-order valence-electron chi connectivity index (χ0n) is 13.8. The molecule has 0 aliphatic rings. The number of nitrogens with zero attached hydrogens (tertiary/aromatic N) is 1. The van der Waals surface area contributed by atoms with E-state index in [9.17, 15) is 4.79 Å². The van der Waals surface area contributed by atoms with Crippen LogP contribution in [0.5, 0.6) is 0 Å². The van der Waals surface area contributed by atoms with Crippen LogP contribution in [-0.2, 0) is 0 Å². The maximum absolute atomic E-state index is 11.7. The summed E-state index contributed by atoms with van der Waals surface area (Å²) in [5, 5.41) is 0.949. The summed E-state index contributed by atoms with van der Waals surface area (Å²) < 4.78 is 5.42. The van der Waals surface area contributed by atoms with E-state index in [2.05, 4.69) is 35.2 Å². The second-order valence-corrected chi connectivity index (χ2v) is 5.94. The van der Waals surface area contributed by atoms with E-state index in [4.69, 9.17) is 4.42 Å². The monoisotopic (exact) mass is 327 g/mol. The van der Waals surface area contributed by atoms with Crippen molar-refractivity contribution >= 4 is 28.0 Å². The number of rotatable bonds is 3. The first kappa shape index (κ1) is 15.2. The molecule has 0 aliphatic heterocycles. The third-order valence-electron chi connectivity index (χ3n) is 4.22. The molecule has 0 unspecified atom stereocenters. The Balaban J connectivity index is 1.94. The number of benzene rings is 3. The molecule has 3 nitrogen and oxygen atoms in total. The largest absolute Gasteiger partial charge is 0.423 e. The molecule has 122 valence electrons. The van der Waals surface area contributed by atoms with Crippen molar-refractivity contribution in [2.45, 2.75) is 6.92 Å². The van der Waals surface area contributed by atoms with Crippen LogP contribution in [0, 0.1) is 6.92 Å². The van der Waals surface area contributed by atoms with Crippen LogP contribution >= 0.6 is 0 Å². The summed E-state index contributed by atoms with van der Waals surface area (Å²) in [7, 11) is 0. The SMILES string of the molecule is Cc1cc(=O)oc2cc(N(c3ccccc3)c3ccccc3)ccc12. The predicted molar refractivity (Wildman–Crippen MR) is 102 cm³/mol. The highest BCUT2D eigenvalue weighted by Gasteiger charge is 2.13. The van der Waals surface area contributed by atoms with Gasteiger partial charge in [-0.1, -0.05) is 36.4 Å². The maximum Gasteiger partial charge on any atom is 0.336 e. The van der Waals surface area contributed by atoms with E-state index in [0.29, 0.717) is 5.58 Å². The molecule has 0 saturated carbocycles. The molecule has 3 heteroatoms. The number of hydrogen-bond donors (Lipinski definition) is 0. The van der Waals surface area contributed by atoms with Crippen LogP contribution in [0.25, 0.3) is 11.0 Å². The first-order valence-electron chi connectivity index (χ1n) is 8.17. The molecule has 0 saturated heterocycles. The second kappa shape index (κ2) is 6.29. The third kappa shape index (κ3) is 2.92. The average Bonchev–Trinajstić information content (AvgIpc) is 2.63. The third-order valence-corrected chi connectivity index (χ3v) is 4.22. The van der Waals surface area contributed by atoms with Gasteiger partial charge in [-0.25, -0.2) is 4.79 Å². The van der Waals surface area contributed by atoms with Gasteiger partial charge in [-0.2, -0.15) is 0 Å². The molecule has 0 fully saturated rings. The van der Waals surface area contributed by atoms with E-state index in [1.807, 2.05) is 55.5 Å². The highest BCUT2D eigenvalue weighted by atomic mass is 16.4. The van der Waals surface area contributed by atoms with Crippen molar-refractivity contribution in [1.82, 2.24) is 0 Å². The maximum atomic E-state index is 11.7. The van der Waals surface area contributed by atoms with Gasteiger partial charge >= 0.3 is 5.63 Å². The van der Waals surface area contributed by atoms with Gasteiger partial charge in [0.2, 0.25) is 0 Å². The molecule has 4 rings (SSSR count). The van der Waals surface area contributed by atoms with Crippen molar-refractivity contribution in [2.75, 3.05) is 4.90 Å². The number of aryl methyl sites for hydroxylation is 1.